The summed E-state index contributed by atoms with van der Waals surface area (Å²) in [5, 5.41) is 0. The molecule has 0 spiro atoms. The van der Waals surface area contributed by atoms with Gasteiger partial charge in [-0.05, 0) is 36.9 Å². The van der Waals surface area contributed by atoms with Gasteiger partial charge in [0.2, 0.25) is 0 Å². The van der Waals surface area contributed by atoms with Crippen LogP contribution in [-0.2, 0) is 6.54 Å². The van der Waals surface area contributed by atoms with Crippen LogP contribution in [0.3, 0.4) is 0 Å². The van der Waals surface area contributed by atoms with Crippen molar-refractivity contribution in [1.29, 1.82) is 0 Å². The van der Waals surface area contributed by atoms with E-state index in [0.717, 1.165) is 21.3 Å². The smallest absolute Gasteiger partial charge is 0.176 e. The lowest BCUT2D eigenvalue weighted by Crippen LogP contribution is -2.25. The molecule has 0 aliphatic heterocycles. The molecule has 4 heteroatoms. The maximum atomic E-state index is 12.2. The number of benzene rings is 2. The molecule has 0 saturated carbocycles. The summed E-state index contributed by atoms with van der Waals surface area (Å²) < 4.78 is 6.18. The minimum Gasteiger partial charge on any atom is -0.497 e. The van der Waals surface area contributed by atoms with Crippen LogP contribution in [0.2, 0.25) is 0 Å². The minimum absolute atomic E-state index is 0.118. The Balaban J connectivity index is 1.96. The third-order valence-electron chi connectivity index (χ3n) is 3.17. The lowest BCUT2D eigenvalue weighted by Gasteiger charge is -2.16. The summed E-state index contributed by atoms with van der Waals surface area (Å²) >= 11 is 3.37. The predicted molar refractivity (Wildman–Crippen MR) is 87.8 cm³/mol. The number of carbonyl (C=O) groups excluding carboxylic acids is 1. The zero-order valence-corrected chi connectivity index (χ0v) is 13.8. The number of likely N-dealkylation sites (N-methyl/N-ethyl adjacent to an activating group) is 1. The Morgan fingerprint density at radius 1 is 1.19 bits per heavy atom. The second-order valence-corrected chi connectivity index (χ2v) is 5.87. The van der Waals surface area contributed by atoms with Crippen LogP contribution in [0.15, 0.2) is 53.0 Å². The van der Waals surface area contributed by atoms with Crippen molar-refractivity contribution in [3.63, 3.8) is 0 Å². The number of carbonyl (C=O) groups is 1. The summed E-state index contributed by atoms with van der Waals surface area (Å²) in [6, 6.07) is 15.3. The van der Waals surface area contributed by atoms with Gasteiger partial charge in [-0.1, -0.05) is 40.2 Å². The third-order valence-corrected chi connectivity index (χ3v) is 3.70. The van der Waals surface area contributed by atoms with Gasteiger partial charge in [-0.25, -0.2) is 0 Å². The summed E-state index contributed by atoms with van der Waals surface area (Å²) in [5.74, 6) is 0.952. The molecular weight excluding hydrogens is 330 g/mol. The van der Waals surface area contributed by atoms with E-state index >= 15 is 0 Å². The topological polar surface area (TPSA) is 29.5 Å². The number of ether oxygens (including phenoxy) is 1. The van der Waals surface area contributed by atoms with E-state index in [-0.39, 0.29) is 5.78 Å². The van der Waals surface area contributed by atoms with Crippen LogP contribution in [0.5, 0.6) is 5.75 Å². The number of halogens is 1. The number of methoxy groups -OCH3 is 1. The van der Waals surface area contributed by atoms with E-state index in [0.29, 0.717) is 13.1 Å². The molecule has 2 aromatic rings. The van der Waals surface area contributed by atoms with E-state index in [1.807, 2.05) is 60.5 Å². The van der Waals surface area contributed by atoms with Crippen molar-refractivity contribution in [2.24, 2.45) is 0 Å². The quantitative estimate of drug-likeness (QED) is 0.745. The molecule has 2 aromatic carbocycles. The van der Waals surface area contributed by atoms with Crippen LogP contribution < -0.4 is 4.74 Å². The van der Waals surface area contributed by atoms with Crippen molar-refractivity contribution < 1.29 is 9.53 Å². The molecule has 0 atom stereocenters. The standard InChI is InChI=1S/C17H18BrNO2/c1-19(11-13-4-3-5-16(10-13)21-2)12-17(20)14-6-8-15(18)9-7-14/h3-10H,11-12H2,1-2H3. The first-order chi connectivity index (χ1) is 10.1. The molecule has 0 fully saturated rings. The first kappa shape index (κ1) is 15.7. The van der Waals surface area contributed by atoms with Crippen molar-refractivity contribution in [3.8, 4) is 5.75 Å². The molecule has 3 nitrogen and oxygen atoms in total. The Morgan fingerprint density at radius 2 is 1.90 bits per heavy atom. The zero-order valence-electron chi connectivity index (χ0n) is 12.2. The highest BCUT2D eigenvalue weighted by atomic mass is 79.9. The summed E-state index contributed by atoms with van der Waals surface area (Å²) in [4.78, 5) is 14.2. The van der Waals surface area contributed by atoms with E-state index in [2.05, 4.69) is 15.9 Å². The van der Waals surface area contributed by atoms with Gasteiger partial charge in [-0.2, -0.15) is 0 Å². The van der Waals surface area contributed by atoms with Gasteiger partial charge in [0.05, 0.1) is 13.7 Å². The number of hydrogen-bond donors (Lipinski definition) is 0. The van der Waals surface area contributed by atoms with Crippen LogP contribution in [0.1, 0.15) is 15.9 Å². The van der Waals surface area contributed by atoms with Gasteiger partial charge in [0, 0.05) is 16.6 Å². The van der Waals surface area contributed by atoms with E-state index in [1.165, 1.54) is 0 Å². The fourth-order valence-electron chi connectivity index (χ4n) is 2.11. The molecule has 0 aromatic heterocycles. The highest BCUT2D eigenvalue weighted by Crippen LogP contribution is 2.15. The van der Waals surface area contributed by atoms with Crippen molar-refractivity contribution in [3.05, 3.63) is 64.1 Å². The number of rotatable bonds is 6. The summed E-state index contributed by atoms with van der Waals surface area (Å²) in [7, 11) is 3.59. The zero-order chi connectivity index (χ0) is 15.2. The minimum atomic E-state index is 0.118. The van der Waals surface area contributed by atoms with E-state index in [1.54, 1.807) is 7.11 Å². The molecule has 0 radical (unpaired) electrons. The van der Waals surface area contributed by atoms with E-state index in [4.69, 9.17) is 4.74 Å². The second kappa shape index (κ2) is 7.38. The van der Waals surface area contributed by atoms with Crippen molar-refractivity contribution in [2.45, 2.75) is 6.54 Å². The summed E-state index contributed by atoms with van der Waals surface area (Å²) in [5.41, 5.74) is 1.86. The van der Waals surface area contributed by atoms with Gasteiger partial charge in [0.1, 0.15) is 5.75 Å². The summed E-state index contributed by atoms with van der Waals surface area (Å²) in [6.07, 6.45) is 0. The SMILES string of the molecule is COc1cccc(CN(C)CC(=O)c2ccc(Br)cc2)c1. The first-order valence-corrected chi connectivity index (χ1v) is 7.48. The highest BCUT2D eigenvalue weighted by molar-refractivity contribution is 9.10. The van der Waals surface area contributed by atoms with Gasteiger partial charge in [0.15, 0.2) is 5.78 Å². The van der Waals surface area contributed by atoms with Crippen molar-refractivity contribution >= 4 is 21.7 Å². The fraction of sp³-hybridized carbons (Fsp3) is 0.235. The molecular formula is C17H18BrNO2. The lowest BCUT2D eigenvalue weighted by molar-refractivity contribution is 0.0943. The molecule has 0 unspecified atom stereocenters. The van der Waals surface area contributed by atoms with Gasteiger partial charge in [0.25, 0.3) is 0 Å². The van der Waals surface area contributed by atoms with Gasteiger partial charge in [-0.15, -0.1) is 0 Å². The monoisotopic (exact) mass is 347 g/mol. The maximum absolute atomic E-state index is 12.2. The van der Waals surface area contributed by atoms with Gasteiger partial charge < -0.3 is 4.74 Å². The van der Waals surface area contributed by atoms with Crippen LogP contribution >= 0.6 is 15.9 Å². The third kappa shape index (κ3) is 4.69. The Labute approximate surface area is 133 Å². The van der Waals surface area contributed by atoms with Gasteiger partial charge >= 0.3 is 0 Å². The Bertz CT molecular complexity index is 610. The fourth-order valence-corrected chi connectivity index (χ4v) is 2.37. The average Bonchev–Trinajstić information content (AvgIpc) is 2.47. The summed E-state index contributed by atoms with van der Waals surface area (Å²) in [6.45, 7) is 1.10. The van der Waals surface area contributed by atoms with E-state index in [9.17, 15) is 4.79 Å². The van der Waals surface area contributed by atoms with Crippen molar-refractivity contribution in [2.75, 3.05) is 20.7 Å². The Morgan fingerprint density at radius 3 is 2.57 bits per heavy atom. The molecule has 0 bridgehead atoms. The Hall–Kier alpha value is -1.65. The van der Waals surface area contributed by atoms with Crippen molar-refractivity contribution in [1.82, 2.24) is 4.90 Å². The van der Waals surface area contributed by atoms with Crippen LogP contribution in [0.4, 0.5) is 0 Å². The second-order valence-electron chi connectivity index (χ2n) is 4.95. The molecule has 0 saturated heterocycles. The molecule has 110 valence electrons. The lowest BCUT2D eigenvalue weighted by atomic mass is 10.1. The largest absolute Gasteiger partial charge is 0.497 e. The molecule has 0 amide bonds. The number of nitrogens with zero attached hydrogens (tertiary/aromatic N) is 1. The molecule has 0 aliphatic carbocycles. The average molecular weight is 348 g/mol. The molecule has 0 aliphatic rings. The van der Waals surface area contributed by atoms with Gasteiger partial charge in [-0.3, -0.25) is 9.69 Å². The van der Waals surface area contributed by atoms with Crippen LogP contribution in [0.25, 0.3) is 0 Å². The molecule has 0 heterocycles. The van der Waals surface area contributed by atoms with E-state index < -0.39 is 0 Å². The highest BCUT2D eigenvalue weighted by Gasteiger charge is 2.10. The first-order valence-electron chi connectivity index (χ1n) is 6.68. The molecule has 21 heavy (non-hydrogen) atoms. The Kier molecular flexibility index (Phi) is 5.53. The number of ketones is 1. The number of Topliss-reactive ketones (excluding diaryl/α,β-unsaturated/α-hetero) is 1. The molecule has 0 N–H and O–H groups in total. The number of hydrogen-bond acceptors (Lipinski definition) is 3. The van der Waals surface area contributed by atoms with Crippen LogP contribution in [0, 0.1) is 0 Å². The predicted octanol–water partition coefficient (Wildman–Crippen LogP) is 3.77. The maximum Gasteiger partial charge on any atom is 0.176 e. The normalized spacial score (nSPS) is 10.7. The van der Waals surface area contributed by atoms with Crippen LogP contribution in [-0.4, -0.2) is 31.4 Å². The molecule has 2 rings (SSSR count).